The van der Waals surface area contributed by atoms with Crippen LogP contribution in [0.1, 0.15) is 37.4 Å². The van der Waals surface area contributed by atoms with Crippen molar-refractivity contribution in [1.82, 2.24) is 0 Å². The zero-order chi connectivity index (χ0) is 18.3. The summed E-state index contributed by atoms with van der Waals surface area (Å²) >= 11 is 0. The second-order valence-electron chi connectivity index (χ2n) is 5.55. The minimum atomic E-state index is -4.68. The lowest BCUT2D eigenvalue weighted by atomic mass is 9.81. The first-order valence-electron chi connectivity index (χ1n) is 6.81. The molecule has 0 amide bonds. The number of phenols is 3. The fourth-order valence-electron chi connectivity index (χ4n) is 2.94. The summed E-state index contributed by atoms with van der Waals surface area (Å²) in [5.41, 5.74) is -1.31. The number of benzene rings is 2. The minimum absolute atomic E-state index is 0.203. The van der Waals surface area contributed by atoms with Crippen LogP contribution in [0.4, 0.5) is 0 Å². The Morgan fingerprint density at radius 1 is 0.840 bits per heavy atom. The zero-order valence-corrected chi connectivity index (χ0v) is 13.2. The molecular formula is C15H8O9S. The van der Waals surface area contributed by atoms with Crippen molar-refractivity contribution in [3.05, 3.63) is 39.9 Å². The second kappa shape index (κ2) is 4.42. The van der Waals surface area contributed by atoms with E-state index in [4.69, 9.17) is 0 Å². The average molecular weight is 364 g/mol. The fourth-order valence-corrected chi connectivity index (χ4v) is 3.71. The maximum Gasteiger partial charge on any atom is 0.501 e. The van der Waals surface area contributed by atoms with Gasteiger partial charge in [-0.3, -0.25) is 9.59 Å². The van der Waals surface area contributed by atoms with Crippen LogP contribution in [0.5, 0.6) is 28.7 Å². The lowest BCUT2D eigenvalue weighted by Crippen LogP contribution is -2.28. The maximum atomic E-state index is 12.8. The van der Waals surface area contributed by atoms with Gasteiger partial charge in [0.25, 0.3) is 0 Å². The highest BCUT2D eigenvalue weighted by molar-refractivity contribution is 7.82. The van der Waals surface area contributed by atoms with Crippen LogP contribution in [0.15, 0.2) is 12.1 Å². The lowest BCUT2D eigenvalue weighted by Gasteiger charge is -2.26. The van der Waals surface area contributed by atoms with Crippen LogP contribution in [0.3, 0.4) is 0 Å². The molecule has 10 heteroatoms. The van der Waals surface area contributed by atoms with Crippen LogP contribution in [0, 0.1) is 6.92 Å². The van der Waals surface area contributed by atoms with E-state index in [1.54, 1.807) is 6.92 Å². The summed E-state index contributed by atoms with van der Waals surface area (Å²) in [6.45, 7) is 1.57. The highest BCUT2D eigenvalue weighted by Crippen LogP contribution is 2.54. The number of phenolic OH excluding ortho intramolecular Hbond substituents is 3. The molecule has 2 bridgehead atoms. The third-order valence-electron chi connectivity index (χ3n) is 3.92. The SMILES string of the molecule is Cc1cc(O)c2c(c1)C(=O)c1c3c(O)c(c(O)c1C2=O)OS(=O)(=O)O3. The molecule has 0 unspecified atom stereocenters. The maximum absolute atomic E-state index is 12.8. The number of ketones is 2. The van der Waals surface area contributed by atoms with Gasteiger partial charge in [0.05, 0.1) is 16.7 Å². The van der Waals surface area contributed by atoms with Crippen LogP contribution < -0.4 is 8.37 Å². The molecule has 3 N–H and O–H groups in total. The molecule has 2 aromatic rings. The fraction of sp³-hybridized carbons (Fsp3) is 0.0667. The summed E-state index contributed by atoms with van der Waals surface area (Å²) in [4.78, 5) is 25.5. The molecule has 0 saturated heterocycles. The molecule has 2 aliphatic rings. The highest BCUT2D eigenvalue weighted by Gasteiger charge is 2.45. The third-order valence-corrected chi connectivity index (χ3v) is 4.66. The molecule has 128 valence electrons. The van der Waals surface area contributed by atoms with Crippen molar-refractivity contribution in [2.75, 3.05) is 0 Å². The van der Waals surface area contributed by atoms with Gasteiger partial charge in [0, 0.05) is 5.56 Å². The summed E-state index contributed by atoms with van der Waals surface area (Å²) in [5, 5.41) is 30.2. The topological polar surface area (TPSA) is 147 Å². The molecule has 25 heavy (non-hydrogen) atoms. The molecule has 9 nitrogen and oxygen atoms in total. The summed E-state index contributed by atoms with van der Waals surface area (Å²) < 4.78 is 32.0. The molecule has 0 fully saturated rings. The van der Waals surface area contributed by atoms with Crippen molar-refractivity contribution in [1.29, 1.82) is 0 Å². The molecule has 1 aliphatic heterocycles. The first kappa shape index (κ1) is 15.3. The molecule has 0 atom stereocenters. The Morgan fingerprint density at radius 3 is 2.16 bits per heavy atom. The van der Waals surface area contributed by atoms with Crippen LogP contribution >= 0.6 is 0 Å². The van der Waals surface area contributed by atoms with E-state index in [1.807, 2.05) is 0 Å². The van der Waals surface area contributed by atoms with Gasteiger partial charge in [0.1, 0.15) is 5.75 Å². The standard InChI is InChI=1S/C15H8O9S/c1-4-2-5-7(6(16)3-4)11(18)8-9(10(5)17)14-13(20)15(12(8)19)24-25(21,22)23-14/h2-3,16,19-20H,1H3. The molecule has 0 radical (unpaired) electrons. The first-order valence-corrected chi connectivity index (χ1v) is 8.14. The van der Waals surface area contributed by atoms with Crippen molar-refractivity contribution < 1.29 is 41.7 Å². The van der Waals surface area contributed by atoms with Crippen LogP contribution in [0.2, 0.25) is 0 Å². The van der Waals surface area contributed by atoms with Gasteiger partial charge < -0.3 is 23.7 Å². The molecule has 0 aromatic heterocycles. The van der Waals surface area contributed by atoms with Gasteiger partial charge in [-0.15, -0.1) is 8.42 Å². The van der Waals surface area contributed by atoms with Gasteiger partial charge in [-0.05, 0) is 24.6 Å². The van der Waals surface area contributed by atoms with Crippen molar-refractivity contribution in [3.8, 4) is 28.7 Å². The Kier molecular flexibility index (Phi) is 2.70. The first-order chi connectivity index (χ1) is 11.6. The number of aromatic hydroxyl groups is 3. The van der Waals surface area contributed by atoms with E-state index in [9.17, 15) is 33.3 Å². The van der Waals surface area contributed by atoms with Gasteiger partial charge in [0.15, 0.2) is 11.5 Å². The van der Waals surface area contributed by atoms with Crippen molar-refractivity contribution in [2.24, 2.45) is 0 Å². The van der Waals surface area contributed by atoms with E-state index in [0.717, 1.165) is 0 Å². The van der Waals surface area contributed by atoms with E-state index in [1.165, 1.54) is 12.1 Å². The number of carbonyl (C=O) groups excluding carboxylic acids is 2. The van der Waals surface area contributed by atoms with E-state index < -0.39 is 61.8 Å². The molecule has 1 heterocycles. The lowest BCUT2D eigenvalue weighted by molar-refractivity contribution is 0.0970. The Bertz CT molecular complexity index is 1130. The third kappa shape index (κ3) is 1.85. The smallest absolute Gasteiger partial charge is 0.501 e. The predicted molar refractivity (Wildman–Crippen MR) is 79.7 cm³/mol. The number of hydrogen-bond donors (Lipinski definition) is 3. The summed E-state index contributed by atoms with van der Waals surface area (Å²) in [6, 6.07) is 2.58. The van der Waals surface area contributed by atoms with E-state index >= 15 is 0 Å². The number of rotatable bonds is 0. The quantitative estimate of drug-likeness (QED) is 0.529. The average Bonchev–Trinajstić information content (AvgIpc) is 2.50. The Labute approximate surface area is 140 Å². The predicted octanol–water partition coefficient (Wildman–Crippen LogP) is 0.903. The van der Waals surface area contributed by atoms with E-state index in [0.29, 0.717) is 5.56 Å². The van der Waals surface area contributed by atoms with Crippen molar-refractivity contribution in [3.63, 3.8) is 0 Å². The Balaban J connectivity index is 2.14. The van der Waals surface area contributed by atoms with Crippen molar-refractivity contribution >= 4 is 22.0 Å². The molecule has 0 spiro atoms. The normalized spacial score (nSPS) is 16.5. The van der Waals surface area contributed by atoms with Gasteiger partial charge in [-0.2, -0.15) is 0 Å². The summed E-state index contributed by atoms with van der Waals surface area (Å²) in [6.07, 6.45) is 0. The van der Waals surface area contributed by atoms with Crippen molar-refractivity contribution in [2.45, 2.75) is 6.92 Å². The zero-order valence-electron chi connectivity index (χ0n) is 12.4. The van der Waals surface area contributed by atoms with Crippen LogP contribution in [-0.4, -0.2) is 35.3 Å². The number of carbonyl (C=O) groups is 2. The van der Waals surface area contributed by atoms with Crippen LogP contribution in [-0.2, 0) is 10.4 Å². The number of hydrogen-bond acceptors (Lipinski definition) is 9. The largest absolute Gasteiger partial charge is 0.507 e. The second-order valence-corrected chi connectivity index (χ2v) is 6.70. The van der Waals surface area contributed by atoms with E-state index in [-0.39, 0.29) is 11.1 Å². The summed E-state index contributed by atoms with van der Waals surface area (Å²) in [7, 11) is -4.68. The minimum Gasteiger partial charge on any atom is -0.507 e. The summed E-state index contributed by atoms with van der Waals surface area (Å²) in [5.74, 6) is -5.99. The number of aryl methyl sites for hydroxylation is 1. The van der Waals surface area contributed by atoms with Gasteiger partial charge in [-0.1, -0.05) is 0 Å². The van der Waals surface area contributed by atoms with Gasteiger partial charge >= 0.3 is 10.4 Å². The van der Waals surface area contributed by atoms with E-state index in [2.05, 4.69) is 8.37 Å². The molecule has 1 aliphatic carbocycles. The molecule has 4 rings (SSSR count). The van der Waals surface area contributed by atoms with Gasteiger partial charge in [-0.25, -0.2) is 0 Å². The van der Waals surface area contributed by atoms with Gasteiger partial charge in [0.2, 0.25) is 23.0 Å². The Hall–Kier alpha value is -3.27. The van der Waals surface area contributed by atoms with Crippen LogP contribution in [0.25, 0.3) is 0 Å². The monoisotopic (exact) mass is 364 g/mol. The molecule has 2 aromatic carbocycles. The molecular weight excluding hydrogens is 356 g/mol. The number of fused-ring (bicyclic) bond motifs is 5. The molecule has 0 saturated carbocycles. The highest BCUT2D eigenvalue weighted by atomic mass is 32.3. The Morgan fingerprint density at radius 2 is 1.48 bits per heavy atom.